The van der Waals surface area contributed by atoms with Gasteiger partial charge in [0, 0.05) is 13.1 Å². The zero-order valence-electron chi connectivity index (χ0n) is 12.2. The molecule has 0 aliphatic carbocycles. The van der Waals surface area contributed by atoms with Crippen LogP contribution in [0.4, 0.5) is 0 Å². The number of aryl methyl sites for hydroxylation is 1. The van der Waals surface area contributed by atoms with Crippen molar-refractivity contribution in [3.63, 3.8) is 0 Å². The largest absolute Gasteiger partial charge is 0.493 e. The van der Waals surface area contributed by atoms with Crippen LogP contribution in [0.2, 0.25) is 0 Å². The van der Waals surface area contributed by atoms with E-state index in [4.69, 9.17) is 10.5 Å². The molecule has 0 bridgehead atoms. The number of aromatic nitrogens is 4. The molecule has 1 aromatic carbocycles. The minimum atomic E-state index is -0.208. The summed E-state index contributed by atoms with van der Waals surface area (Å²) in [6, 6.07) is 7.81. The Kier molecular flexibility index (Phi) is 3.62. The third-order valence-corrected chi connectivity index (χ3v) is 3.64. The van der Waals surface area contributed by atoms with Crippen LogP contribution in [0.3, 0.4) is 0 Å². The summed E-state index contributed by atoms with van der Waals surface area (Å²) in [7, 11) is 1.64. The molecule has 110 valence electrons. The molecule has 1 atom stereocenters. The van der Waals surface area contributed by atoms with E-state index in [9.17, 15) is 0 Å². The van der Waals surface area contributed by atoms with Crippen LogP contribution in [0.25, 0.3) is 11.0 Å². The van der Waals surface area contributed by atoms with E-state index in [1.54, 1.807) is 13.3 Å². The Morgan fingerprint density at radius 2 is 2.14 bits per heavy atom. The summed E-state index contributed by atoms with van der Waals surface area (Å²) in [6.07, 6.45) is 3.54. The number of fused-ring (bicyclic) bond motifs is 1. The number of hydrogen-bond donors (Lipinski definition) is 1. The highest BCUT2D eigenvalue weighted by atomic mass is 16.5. The monoisotopic (exact) mass is 285 g/mol. The van der Waals surface area contributed by atoms with Crippen LogP contribution in [0.1, 0.15) is 18.7 Å². The number of nitrogens with two attached hydrogens (primary N) is 1. The third kappa shape index (κ3) is 2.38. The van der Waals surface area contributed by atoms with Crippen molar-refractivity contribution < 1.29 is 4.74 Å². The number of benzene rings is 1. The number of imidazole rings is 1. The number of nitrogens with zero attached hydrogens (tertiary/aromatic N) is 4. The molecular formula is C15H19N5O. The first-order chi connectivity index (χ1) is 10.2. The van der Waals surface area contributed by atoms with Crippen molar-refractivity contribution in [1.29, 1.82) is 0 Å². The second-order valence-corrected chi connectivity index (χ2v) is 4.91. The Bertz CT molecular complexity index is 724. The van der Waals surface area contributed by atoms with Gasteiger partial charge in [-0.1, -0.05) is 12.1 Å². The lowest BCUT2D eigenvalue weighted by atomic mass is 10.2. The van der Waals surface area contributed by atoms with E-state index in [0.717, 1.165) is 29.0 Å². The van der Waals surface area contributed by atoms with Gasteiger partial charge in [-0.25, -0.2) is 4.98 Å². The fraction of sp³-hybridized carbons (Fsp3) is 0.333. The molecule has 0 amide bonds. The maximum Gasteiger partial charge on any atom is 0.161 e. The van der Waals surface area contributed by atoms with E-state index in [2.05, 4.69) is 14.6 Å². The minimum Gasteiger partial charge on any atom is -0.493 e. The molecule has 2 aromatic heterocycles. The van der Waals surface area contributed by atoms with E-state index < -0.39 is 0 Å². The van der Waals surface area contributed by atoms with Gasteiger partial charge in [-0.2, -0.15) is 5.10 Å². The second kappa shape index (κ2) is 5.57. The van der Waals surface area contributed by atoms with E-state index in [1.807, 2.05) is 42.2 Å². The van der Waals surface area contributed by atoms with Crippen LogP contribution in [0.15, 0.2) is 36.8 Å². The maximum absolute atomic E-state index is 6.39. The third-order valence-electron chi connectivity index (χ3n) is 3.64. The average Bonchev–Trinajstić information content (AvgIpc) is 3.11. The first-order valence-electron chi connectivity index (χ1n) is 6.99. The molecule has 0 radical (unpaired) electrons. The van der Waals surface area contributed by atoms with Gasteiger partial charge in [0.2, 0.25) is 0 Å². The topological polar surface area (TPSA) is 70.9 Å². The van der Waals surface area contributed by atoms with Gasteiger partial charge in [-0.15, -0.1) is 0 Å². The van der Waals surface area contributed by atoms with Crippen molar-refractivity contribution in [3.05, 3.63) is 42.5 Å². The highest BCUT2D eigenvalue weighted by Gasteiger charge is 2.19. The summed E-state index contributed by atoms with van der Waals surface area (Å²) in [5.74, 6) is 0.730. The van der Waals surface area contributed by atoms with Gasteiger partial charge >= 0.3 is 0 Å². The SMILES string of the molecule is CCn1ncc(OC)c1C(N)Cn1cnc2ccccc21. The zero-order chi connectivity index (χ0) is 14.8. The number of para-hydroxylation sites is 2. The zero-order valence-corrected chi connectivity index (χ0v) is 12.2. The van der Waals surface area contributed by atoms with Crippen molar-refractivity contribution in [1.82, 2.24) is 19.3 Å². The first-order valence-corrected chi connectivity index (χ1v) is 6.99. The summed E-state index contributed by atoms with van der Waals surface area (Å²) in [4.78, 5) is 4.39. The van der Waals surface area contributed by atoms with Gasteiger partial charge in [-0.3, -0.25) is 4.68 Å². The van der Waals surface area contributed by atoms with Crippen molar-refractivity contribution in [3.8, 4) is 5.75 Å². The molecule has 0 spiro atoms. The average molecular weight is 285 g/mol. The lowest BCUT2D eigenvalue weighted by Crippen LogP contribution is -2.21. The predicted molar refractivity (Wildman–Crippen MR) is 81.1 cm³/mol. The van der Waals surface area contributed by atoms with Crippen molar-refractivity contribution in [2.75, 3.05) is 7.11 Å². The minimum absolute atomic E-state index is 0.208. The molecule has 6 nitrogen and oxygen atoms in total. The van der Waals surface area contributed by atoms with E-state index in [1.165, 1.54) is 0 Å². The lowest BCUT2D eigenvalue weighted by Gasteiger charge is -2.16. The van der Waals surface area contributed by atoms with Crippen LogP contribution in [0.5, 0.6) is 5.75 Å². The van der Waals surface area contributed by atoms with Crippen LogP contribution >= 0.6 is 0 Å². The summed E-state index contributed by atoms with van der Waals surface area (Å²) in [5, 5.41) is 4.30. The number of methoxy groups -OCH3 is 1. The highest BCUT2D eigenvalue weighted by molar-refractivity contribution is 5.74. The van der Waals surface area contributed by atoms with Crippen LogP contribution in [-0.2, 0) is 13.1 Å². The molecule has 1 unspecified atom stereocenters. The Balaban J connectivity index is 1.93. The van der Waals surface area contributed by atoms with E-state index >= 15 is 0 Å². The first kappa shape index (κ1) is 13.6. The molecule has 0 saturated heterocycles. The van der Waals surface area contributed by atoms with Crippen molar-refractivity contribution >= 4 is 11.0 Å². The molecule has 0 saturated carbocycles. The number of rotatable bonds is 5. The fourth-order valence-electron chi connectivity index (χ4n) is 2.62. The van der Waals surface area contributed by atoms with Gasteiger partial charge in [0.15, 0.2) is 5.75 Å². The summed E-state index contributed by atoms with van der Waals surface area (Å²) >= 11 is 0. The highest BCUT2D eigenvalue weighted by Crippen LogP contribution is 2.25. The van der Waals surface area contributed by atoms with Gasteiger partial charge < -0.3 is 15.0 Å². The van der Waals surface area contributed by atoms with E-state index in [-0.39, 0.29) is 6.04 Å². The normalized spacial score (nSPS) is 12.7. The smallest absolute Gasteiger partial charge is 0.161 e. The molecule has 6 heteroatoms. The van der Waals surface area contributed by atoms with Crippen LogP contribution in [0, 0.1) is 0 Å². The van der Waals surface area contributed by atoms with Crippen LogP contribution < -0.4 is 10.5 Å². The molecule has 0 aliphatic heterocycles. The van der Waals surface area contributed by atoms with E-state index in [0.29, 0.717) is 6.54 Å². The number of hydrogen-bond acceptors (Lipinski definition) is 4. The molecule has 21 heavy (non-hydrogen) atoms. The summed E-state index contributed by atoms with van der Waals surface area (Å²) < 4.78 is 9.31. The Morgan fingerprint density at radius 3 is 2.90 bits per heavy atom. The second-order valence-electron chi connectivity index (χ2n) is 4.91. The van der Waals surface area contributed by atoms with Gasteiger partial charge in [0.05, 0.1) is 42.4 Å². The van der Waals surface area contributed by atoms with Crippen molar-refractivity contribution in [2.24, 2.45) is 5.73 Å². The molecule has 3 aromatic rings. The van der Waals surface area contributed by atoms with Gasteiger partial charge in [0.25, 0.3) is 0 Å². The quantitative estimate of drug-likeness (QED) is 0.778. The molecule has 0 fully saturated rings. The van der Waals surface area contributed by atoms with Crippen LogP contribution in [-0.4, -0.2) is 26.4 Å². The fourth-order valence-corrected chi connectivity index (χ4v) is 2.62. The summed E-state index contributed by atoms with van der Waals surface area (Å²) in [6.45, 7) is 3.43. The van der Waals surface area contributed by atoms with Crippen molar-refractivity contribution in [2.45, 2.75) is 26.1 Å². The molecule has 3 rings (SSSR count). The molecule has 2 N–H and O–H groups in total. The maximum atomic E-state index is 6.39. The summed E-state index contributed by atoms with van der Waals surface area (Å²) in [5.41, 5.74) is 9.35. The number of ether oxygens (including phenoxy) is 1. The predicted octanol–water partition coefficient (Wildman–Crippen LogP) is 1.96. The molecule has 0 aliphatic rings. The molecule has 2 heterocycles. The standard InChI is InChI=1S/C15H19N5O/c1-3-20-15(14(21-2)8-18-20)11(16)9-19-10-17-12-6-4-5-7-13(12)19/h4-8,10-11H,3,9,16H2,1-2H3. The lowest BCUT2D eigenvalue weighted by molar-refractivity contribution is 0.397. The Hall–Kier alpha value is -2.34. The Labute approximate surface area is 123 Å². The Morgan fingerprint density at radius 1 is 1.33 bits per heavy atom. The molecular weight excluding hydrogens is 266 g/mol. The van der Waals surface area contributed by atoms with Gasteiger partial charge in [-0.05, 0) is 19.1 Å². The van der Waals surface area contributed by atoms with Gasteiger partial charge in [0.1, 0.15) is 0 Å².